The lowest BCUT2D eigenvalue weighted by molar-refractivity contribution is -0.0349. The second kappa shape index (κ2) is 9.24. The van der Waals surface area contributed by atoms with Gasteiger partial charge in [-0.25, -0.2) is 4.98 Å². The molecule has 2 aromatic heterocycles. The van der Waals surface area contributed by atoms with Gasteiger partial charge >= 0.3 is 0 Å². The summed E-state index contributed by atoms with van der Waals surface area (Å²) in [7, 11) is 4.02. The van der Waals surface area contributed by atoms with Crippen LogP contribution in [0.3, 0.4) is 0 Å². The molecule has 1 atom stereocenters. The molecule has 2 N–H and O–H groups in total. The minimum atomic E-state index is -0.447. The van der Waals surface area contributed by atoms with Gasteiger partial charge in [0.2, 0.25) is 5.91 Å². The maximum atomic E-state index is 11.5. The number of amides is 1. The third-order valence-electron chi connectivity index (χ3n) is 5.38. The van der Waals surface area contributed by atoms with Crippen molar-refractivity contribution in [3.05, 3.63) is 77.6 Å². The zero-order valence-corrected chi connectivity index (χ0v) is 17.9. The lowest BCUT2D eigenvalue weighted by atomic mass is 10.1. The van der Waals surface area contributed by atoms with E-state index in [-0.39, 0.29) is 6.10 Å². The summed E-state index contributed by atoms with van der Waals surface area (Å²) >= 11 is 0. The summed E-state index contributed by atoms with van der Waals surface area (Å²) in [4.78, 5) is 25.3. The van der Waals surface area contributed by atoms with Gasteiger partial charge in [-0.2, -0.15) is 0 Å². The maximum Gasteiger partial charge on any atom is 0.248 e. The fraction of sp³-hybridized carbons (Fsp3) is 0.292. The fourth-order valence-corrected chi connectivity index (χ4v) is 3.85. The van der Waals surface area contributed by atoms with Crippen molar-refractivity contribution in [1.29, 1.82) is 0 Å². The van der Waals surface area contributed by atoms with Crippen LogP contribution in [0.5, 0.6) is 0 Å². The molecule has 1 fully saturated rings. The maximum absolute atomic E-state index is 11.5. The molecule has 0 spiro atoms. The lowest BCUT2D eigenvalue weighted by Crippen LogP contribution is -2.38. The van der Waals surface area contributed by atoms with Crippen LogP contribution in [0.1, 0.15) is 27.7 Å². The molecule has 1 aliphatic heterocycles. The van der Waals surface area contributed by atoms with Crippen LogP contribution in [0.15, 0.2) is 60.8 Å². The van der Waals surface area contributed by atoms with E-state index in [4.69, 9.17) is 15.5 Å². The number of primary amides is 1. The minimum absolute atomic E-state index is 0.118. The molecule has 3 heterocycles. The van der Waals surface area contributed by atoms with Gasteiger partial charge < -0.3 is 15.4 Å². The second-order valence-corrected chi connectivity index (χ2v) is 7.87. The first-order valence-electron chi connectivity index (χ1n) is 10.3. The van der Waals surface area contributed by atoms with Gasteiger partial charge in [-0.1, -0.05) is 24.3 Å². The van der Waals surface area contributed by atoms with Crippen molar-refractivity contribution in [2.45, 2.75) is 12.6 Å². The molecule has 1 saturated heterocycles. The highest BCUT2D eigenvalue weighted by Crippen LogP contribution is 2.26. The molecule has 1 aliphatic rings. The Kier molecular flexibility index (Phi) is 6.25. The number of aromatic nitrogens is 2. The number of pyridine rings is 2. The summed E-state index contributed by atoms with van der Waals surface area (Å²) in [6.07, 6.45) is 1.70. The van der Waals surface area contributed by atoms with Gasteiger partial charge in [0.1, 0.15) is 11.9 Å². The SMILES string of the molecule is CN(C)c1ncccc1CN1CCOC(c2cccc(-c3cccc(C(N)=O)c3)n2)C1. The largest absolute Gasteiger partial charge is 0.369 e. The van der Waals surface area contributed by atoms with Gasteiger partial charge in [0.25, 0.3) is 0 Å². The average Bonchev–Trinajstić information content (AvgIpc) is 2.79. The van der Waals surface area contributed by atoms with Gasteiger partial charge in [0.15, 0.2) is 0 Å². The molecule has 0 radical (unpaired) electrons. The predicted molar refractivity (Wildman–Crippen MR) is 121 cm³/mol. The van der Waals surface area contributed by atoms with Crippen LogP contribution >= 0.6 is 0 Å². The third-order valence-corrected chi connectivity index (χ3v) is 5.38. The number of hydrogen-bond acceptors (Lipinski definition) is 6. The molecule has 31 heavy (non-hydrogen) atoms. The average molecular weight is 418 g/mol. The Morgan fingerprint density at radius 1 is 1.19 bits per heavy atom. The zero-order chi connectivity index (χ0) is 21.8. The Balaban J connectivity index is 1.52. The van der Waals surface area contributed by atoms with E-state index in [9.17, 15) is 4.79 Å². The number of ether oxygens (including phenoxy) is 1. The molecular weight excluding hydrogens is 390 g/mol. The summed E-state index contributed by atoms with van der Waals surface area (Å²) in [6, 6.07) is 17.2. The Morgan fingerprint density at radius 2 is 2.03 bits per heavy atom. The smallest absolute Gasteiger partial charge is 0.248 e. The normalized spacial score (nSPS) is 16.8. The van der Waals surface area contributed by atoms with Crippen LogP contribution in [0.2, 0.25) is 0 Å². The zero-order valence-electron chi connectivity index (χ0n) is 17.9. The van der Waals surface area contributed by atoms with Gasteiger partial charge in [-0.05, 0) is 30.3 Å². The van der Waals surface area contributed by atoms with E-state index in [2.05, 4.69) is 16.0 Å². The van der Waals surface area contributed by atoms with Crippen LogP contribution in [0.25, 0.3) is 11.3 Å². The number of rotatable bonds is 6. The highest BCUT2D eigenvalue weighted by Gasteiger charge is 2.24. The van der Waals surface area contributed by atoms with E-state index in [1.807, 2.05) is 61.6 Å². The molecule has 1 unspecified atom stereocenters. The quantitative estimate of drug-likeness (QED) is 0.664. The first kappa shape index (κ1) is 21.0. The number of morpholine rings is 1. The first-order chi connectivity index (χ1) is 15.0. The number of hydrogen-bond donors (Lipinski definition) is 1. The first-order valence-corrected chi connectivity index (χ1v) is 10.3. The van der Waals surface area contributed by atoms with Crippen molar-refractivity contribution in [3.63, 3.8) is 0 Å². The molecular formula is C24H27N5O2. The summed E-state index contributed by atoms with van der Waals surface area (Å²) in [5.74, 6) is 0.539. The molecule has 0 bridgehead atoms. The monoisotopic (exact) mass is 417 g/mol. The van der Waals surface area contributed by atoms with E-state index in [0.717, 1.165) is 42.4 Å². The molecule has 4 rings (SSSR count). The Labute approximate surface area is 182 Å². The summed E-state index contributed by atoms with van der Waals surface area (Å²) in [5, 5.41) is 0. The molecule has 7 nitrogen and oxygen atoms in total. The Morgan fingerprint density at radius 3 is 2.84 bits per heavy atom. The van der Waals surface area contributed by atoms with Crippen LogP contribution in [-0.2, 0) is 11.3 Å². The van der Waals surface area contributed by atoms with E-state index in [1.54, 1.807) is 12.1 Å². The molecule has 0 saturated carbocycles. The van der Waals surface area contributed by atoms with Crippen molar-refractivity contribution in [3.8, 4) is 11.3 Å². The van der Waals surface area contributed by atoms with Gasteiger partial charge in [-0.3, -0.25) is 14.7 Å². The van der Waals surface area contributed by atoms with Crippen LogP contribution < -0.4 is 10.6 Å². The fourth-order valence-electron chi connectivity index (χ4n) is 3.85. The van der Waals surface area contributed by atoms with Gasteiger partial charge in [0.05, 0.1) is 18.0 Å². The molecule has 7 heteroatoms. The number of benzene rings is 1. The van der Waals surface area contributed by atoms with E-state index >= 15 is 0 Å². The topological polar surface area (TPSA) is 84.6 Å². The van der Waals surface area contributed by atoms with Gasteiger partial charge in [0, 0.05) is 56.6 Å². The number of nitrogens with two attached hydrogens (primary N) is 1. The molecule has 160 valence electrons. The standard InChI is InChI=1S/C24H27N5O2/c1-28(2)24-19(8-5-11-26-24)15-29-12-13-31-22(16-29)21-10-4-9-20(27-21)17-6-3-7-18(14-17)23(25)30/h3-11,14,22H,12-13,15-16H2,1-2H3,(H2,25,30). The minimum Gasteiger partial charge on any atom is -0.369 e. The number of nitrogens with zero attached hydrogens (tertiary/aromatic N) is 4. The Bertz CT molecular complexity index is 1070. The van der Waals surface area contributed by atoms with Crippen LogP contribution in [-0.4, -0.2) is 54.6 Å². The molecule has 1 amide bonds. The van der Waals surface area contributed by atoms with Crippen molar-refractivity contribution >= 4 is 11.7 Å². The van der Waals surface area contributed by atoms with Crippen LogP contribution in [0.4, 0.5) is 5.82 Å². The highest BCUT2D eigenvalue weighted by molar-refractivity contribution is 5.94. The summed E-state index contributed by atoms with van der Waals surface area (Å²) in [5.41, 5.74) is 9.62. The number of carbonyl (C=O) groups is 1. The van der Waals surface area contributed by atoms with Crippen molar-refractivity contribution in [2.24, 2.45) is 5.73 Å². The summed E-state index contributed by atoms with van der Waals surface area (Å²) < 4.78 is 6.06. The molecule has 1 aromatic carbocycles. The predicted octanol–water partition coefficient (Wildman–Crippen LogP) is 2.88. The van der Waals surface area contributed by atoms with Gasteiger partial charge in [-0.15, -0.1) is 0 Å². The lowest BCUT2D eigenvalue weighted by Gasteiger charge is -2.33. The highest BCUT2D eigenvalue weighted by atomic mass is 16.5. The Hall–Kier alpha value is -3.29. The number of carbonyl (C=O) groups excluding carboxylic acids is 1. The third kappa shape index (κ3) is 4.90. The van der Waals surface area contributed by atoms with Crippen molar-refractivity contribution < 1.29 is 9.53 Å². The molecule has 3 aromatic rings. The van der Waals surface area contributed by atoms with E-state index in [0.29, 0.717) is 12.2 Å². The number of anilines is 1. The second-order valence-electron chi connectivity index (χ2n) is 7.87. The molecule has 0 aliphatic carbocycles. The van der Waals surface area contributed by atoms with E-state index < -0.39 is 5.91 Å². The van der Waals surface area contributed by atoms with Crippen molar-refractivity contribution in [1.82, 2.24) is 14.9 Å². The van der Waals surface area contributed by atoms with Crippen molar-refractivity contribution in [2.75, 3.05) is 38.7 Å². The summed E-state index contributed by atoms with van der Waals surface area (Å²) in [6.45, 7) is 3.06. The van der Waals surface area contributed by atoms with E-state index in [1.165, 1.54) is 5.56 Å². The van der Waals surface area contributed by atoms with Crippen LogP contribution in [0, 0.1) is 0 Å².